The molecule has 0 bridgehead atoms. The van der Waals surface area contributed by atoms with Gasteiger partial charge in [-0.1, -0.05) is 11.8 Å². The van der Waals surface area contributed by atoms with Gasteiger partial charge in [0.15, 0.2) is 17.1 Å². The van der Waals surface area contributed by atoms with Crippen molar-refractivity contribution in [2.75, 3.05) is 19.3 Å². The van der Waals surface area contributed by atoms with E-state index >= 15 is 0 Å². The van der Waals surface area contributed by atoms with Crippen LogP contribution in [0.25, 0.3) is 0 Å². The predicted octanol–water partition coefficient (Wildman–Crippen LogP) is 2.45. The summed E-state index contributed by atoms with van der Waals surface area (Å²) in [4.78, 5) is 16.0. The highest BCUT2D eigenvalue weighted by molar-refractivity contribution is 8.13. The van der Waals surface area contributed by atoms with Gasteiger partial charge in [-0.05, 0) is 55.7 Å². The Hall–Kier alpha value is -2.20. The zero-order chi connectivity index (χ0) is 17.2. The van der Waals surface area contributed by atoms with Crippen LogP contribution < -0.4 is 10.7 Å². The molecule has 0 radical (unpaired) electrons. The van der Waals surface area contributed by atoms with Crippen LogP contribution in [0.4, 0.5) is 0 Å². The molecule has 7 heteroatoms. The van der Waals surface area contributed by atoms with Gasteiger partial charge in [-0.15, -0.1) is 0 Å². The van der Waals surface area contributed by atoms with Crippen LogP contribution in [0.5, 0.6) is 0 Å². The van der Waals surface area contributed by atoms with Gasteiger partial charge in [0, 0.05) is 25.7 Å². The molecule has 1 aliphatic carbocycles. The van der Waals surface area contributed by atoms with E-state index in [2.05, 4.69) is 26.8 Å². The topological polar surface area (TPSA) is 80.5 Å². The van der Waals surface area contributed by atoms with E-state index in [1.165, 1.54) is 11.8 Å². The number of ketones is 1. The Kier molecular flexibility index (Phi) is 7.43. The van der Waals surface area contributed by atoms with E-state index in [0.717, 1.165) is 43.5 Å². The molecular weight excluding hydrogens is 322 g/mol. The lowest BCUT2D eigenvalue weighted by atomic mass is 9.95. The van der Waals surface area contributed by atoms with Crippen molar-refractivity contribution in [3.05, 3.63) is 35.7 Å². The molecule has 1 aliphatic heterocycles. The lowest BCUT2D eigenvalue weighted by Gasteiger charge is -2.31. The molecule has 0 spiro atoms. The third kappa shape index (κ3) is 5.46. The molecule has 0 atom stereocenters. The van der Waals surface area contributed by atoms with E-state index in [0.29, 0.717) is 18.1 Å². The van der Waals surface area contributed by atoms with Crippen LogP contribution in [0.1, 0.15) is 32.1 Å². The summed E-state index contributed by atoms with van der Waals surface area (Å²) in [5.41, 5.74) is 5.45. The van der Waals surface area contributed by atoms with Crippen molar-refractivity contribution in [1.82, 2.24) is 15.8 Å². The van der Waals surface area contributed by atoms with Crippen LogP contribution in [-0.4, -0.2) is 35.3 Å². The van der Waals surface area contributed by atoms with Crippen LogP contribution >= 0.6 is 11.8 Å². The molecule has 0 saturated heterocycles. The number of aliphatic imine (C=N–C) groups is 1. The summed E-state index contributed by atoms with van der Waals surface area (Å²) in [5.74, 6) is 0.218. The van der Waals surface area contributed by atoms with Crippen molar-refractivity contribution >= 4 is 22.7 Å². The van der Waals surface area contributed by atoms with Crippen LogP contribution in [0.2, 0.25) is 0 Å². The number of carbonyl (C=O) groups excluding carboxylic acids is 1. The first-order chi connectivity index (χ1) is 11.7. The Morgan fingerprint density at radius 1 is 1.50 bits per heavy atom. The number of nitriles is 1. The molecule has 2 aliphatic rings. The molecular formula is C17H23N5OS. The number of hydrazine groups is 1. The monoisotopic (exact) mass is 345 g/mol. The maximum Gasteiger partial charge on any atom is 0.183 e. The Morgan fingerprint density at radius 2 is 2.38 bits per heavy atom. The number of unbranched alkanes of at least 4 members (excludes halogenated alkanes) is 1. The summed E-state index contributed by atoms with van der Waals surface area (Å²) in [6.45, 7) is 1.53. The van der Waals surface area contributed by atoms with Crippen LogP contribution in [0.15, 0.2) is 40.7 Å². The number of carbonyl (C=O) groups is 1. The second kappa shape index (κ2) is 9.83. The summed E-state index contributed by atoms with van der Waals surface area (Å²) in [7, 11) is 0. The molecule has 2 rings (SSSR count). The van der Waals surface area contributed by atoms with E-state index in [9.17, 15) is 4.79 Å². The number of nitrogens with one attached hydrogen (secondary N) is 2. The Balaban J connectivity index is 1.83. The van der Waals surface area contributed by atoms with Gasteiger partial charge in [-0.3, -0.25) is 20.1 Å². The van der Waals surface area contributed by atoms with Gasteiger partial charge in [0.25, 0.3) is 0 Å². The van der Waals surface area contributed by atoms with E-state index in [4.69, 9.17) is 5.26 Å². The number of nitrogens with zero attached hydrogens (tertiary/aromatic N) is 3. The standard InChI is InChI=1S/C17H23N5OS/c1-24-17(20-13-18)19-9-2-3-11-22-16(8-5-10-21-22)14-6-4-7-15(23)12-14/h5,8,10,12,21H,2-4,6-7,9,11H2,1H3,(H,19,20). The average Bonchev–Trinajstić information content (AvgIpc) is 2.61. The molecule has 0 amide bonds. The third-order valence-electron chi connectivity index (χ3n) is 3.81. The van der Waals surface area contributed by atoms with E-state index in [1.807, 2.05) is 24.7 Å². The first-order valence-electron chi connectivity index (χ1n) is 8.12. The largest absolute Gasteiger partial charge is 0.306 e. The number of allylic oxidation sites excluding steroid dienone is 4. The minimum Gasteiger partial charge on any atom is -0.306 e. The molecule has 24 heavy (non-hydrogen) atoms. The highest BCUT2D eigenvalue weighted by Crippen LogP contribution is 2.25. The molecule has 0 aromatic heterocycles. The molecule has 2 N–H and O–H groups in total. The van der Waals surface area contributed by atoms with Crippen LogP contribution in [-0.2, 0) is 4.79 Å². The fourth-order valence-corrected chi connectivity index (χ4v) is 3.02. The third-order valence-corrected chi connectivity index (χ3v) is 4.42. The van der Waals surface area contributed by atoms with Gasteiger partial charge in [0.2, 0.25) is 0 Å². The molecule has 1 heterocycles. The molecule has 0 aromatic rings. The van der Waals surface area contributed by atoms with Gasteiger partial charge >= 0.3 is 0 Å². The number of rotatable bonds is 6. The zero-order valence-electron chi connectivity index (χ0n) is 13.9. The van der Waals surface area contributed by atoms with Crippen molar-refractivity contribution in [3.63, 3.8) is 0 Å². The first-order valence-corrected chi connectivity index (χ1v) is 9.35. The van der Waals surface area contributed by atoms with Crippen molar-refractivity contribution in [1.29, 1.82) is 5.26 Å². The minimum absolute atomic E-state index is 0.218. The molecule has 0 unspecified atom stereocenters. The van der Waals surface area contributed by atoms with Crippen molar-refractivity contribution in [2.24, 2.45) is 4.99 Å². The number of hydrogen-bond donors (Lipinski definition) is 2. The normalized spacial score (nSPS) is 17.8. The molecule has 0 saturated carbocycles. The fourth-order valence-electron chi connectivity index (χ4n) is 2.66. The Morgan fingerprint density at radius 3 is 3.12 bits per heavy atom. The zero-order valence-corrected chi connectivity index (χ0v) is 14.7. The highest BCUT2D eigenvalue weighted by atomic mass is 32.2. The lowest BCUT2D eigenvalue weighted by Crippen LogP contribution is -2.37. The average molecular weight is 345 g/mol. The number of amidine groups is 1. The summed E-state index contributed by atoms with van der Waals surface area (Å²) < 4.78 is 0. The van der Waals surface area contributed by atoms with Gasteiger partial charge in [-0.25, -0.2) is 0 Å². The molecule has 6 nitrogen and oxygen atoms in total. The Labute approximate surface area is 147 Å². The van der Waals surface area contributed by atoms with Crippen molar-refractivity contribution in [3.8, 4) is 6.19 Å². The van der Waals surface area contributed by atoms with Gasteiger partial charge < -0.3 is 5.43 Å². The summed E-state index contributed by atoms with van der Waals surface area (Å²) >= 11 is 1.44. The van der Waals surface area contributed by atoms with Gasteiger partial charge in [0.1, 0.15) is 0 Å². The predicted molar refractivity (Wildman–Crippen MR) is 97.8 cm³/mol. The van der Waals surface area contributed by atoms with Crippen LogP contribution in [0.3, 0.4) is 0 Å². The maximum absolute atomic E-state index is 11.7. The smallest absolute Gasteiger partial charge is 0.183 e. The SMILES string of the molecule is CSC(=NCCCCN1NC=CC=C1C1=CC(=O)CCC1)NC#N. The second-order valence-electron chi connectivity index (χ2n) is 5.52. The first kappa shape index (κ1) is 18.1. The summed E-state index contributed by atoms with van der Waals surface area (Å²) in [5, 5.41) is 13.9. The van der Waals surface area contributed by atoms with Gasteiger partial charge in [-0.2, -0.15) is 5.26 Å². The number of thioether (sulfide) groups is 1. The minimum atomic E-state index is 0.218. The molecule has 0 fully saturated rings. The highest BCUT2D eigenvalue weighted by Gasteiger charge is 2.18. The molecule has 128 valence electrons. The number of hydrogen-bond acceptors (Lipinski definition) is 6. The molecule has 0 aromatic carbocycles. The summed E-state index contributed by atoms with van der Waals surface area (Å²) in [6, 6.07) is 0. The fraction of sp³-hybridized carbons (Fsp3) is 0.471. The Bertz CT molecular complexity index is 615. The van der Waals surface area contributed by atoms with Crippen molar-refractivity contribution < 1.29 is 4.79 Å². The lowest BCUT2D eigenvalue weighted by molar-refractivity contribution is -0.115. The van der Waals surface area contributed by atoms with Crippen molar-refractivity contribution in [2.45, 2.75) is 32.1 Å². The quantitative estimate of drug-likeness (QED) is 0.253. The van der Waals surface area contributed by atoms with E-state index in [-0.39, 0.29) is 5.78 Å². The van der Waals surface area contributed by atoms with Gasteiger partial charge in [0.05, 0.1) is 5.70 Å². The maximum atomic E-state index is 11.7. The summed E-state index contributed by atoms with van der Waals surface area (Å²) in [6.07, 6.45) is 15.9. The van der Waals surface area contributed by atoms with Crippen LogP contribution in [0, 0.1) is 11.5 Å². The second-order valence-corrected chi connectivity index (χ2v) is 6.31. The van der Waals surface area contributed by atoms with E-state index < -0.39 is 0 Å². The van der Waals surface area contributed by atoms with E-state index in [1.54, 1.807) is 6.08 Å².